The van der Waals surface area contributed by atoms with Gasteiger partial charge in [-0.25, -0.2) is 13.1 Å². The normalized spacial score (nSPS) is 12.1. The lowest BCUT2D eigenvalue weighted by Gasteiger charge is -2.09. The van der Waals surface area contributed by atoms with Crippen LogP contribution in [0, 0.1) is 0 Å². The Morgan fingerprint density at radius 3 is 2.90 bits per heavy atom. The Morgan fingerprint density at radius 1 is 1.43 bits per heavy atom. The highest BCUT2D eigenvalue weighted by Gasteiger charge is 2.20. The minimum absolute atomic E-state index is 0.0705. The van der Waals surface area contributed by atoms with Crippen molar-refractivity contribution >= 4 is 10.0 Å². The number of hydrogen-bond donors (Lipinski definition) is 3. The zero-order valence-electron chi connectivity index (χ0n) is 11.8. The van der Waals surface area contributed by atoms with E-state index in [0.29, 0.717) is 24.4 Å². The largest absolute Gasteiger partial charge is 0.340 e. The summed E-state index contributed by atoms with van der Waals surface area (Å²) in [6.07, 6.45) is 3.10. The lowest BCUT2D eigenvalue weighted by molar-refractivity contribution is 0.377. The van der Waals surface area contributed by atoms with Crippen LogP contribution in [0.3, 0.4) is 0 Å². The quantitative estimate of drug-likeness (QED) is 0.616. The van der Waals surface area contributed by atoms with E-state index >= 15 is 0 Å². The van der Waals surface area contributed by atoms with Gasteiger partial charge in [-0.2, -0.15) is 10.1 Å². The molecule has 0 radical (unpaired) electrons. The van der Waals surface area contributed by atoms with Crippen LogP contribution in [0.5, 0.6) is 0 Å². The SMILES string of the molecule is CC(C)NCc1cn[nH]c1S(=O)(=O)NCCc1ncno1. The smallest absolute Gasteiger partial charge is 0.257 e. The molecule has 0 saturated heterocycles. The van der Waals surface area contributed by atoms with Gasteiger partial charge in [0, 0.05) is 31.1 Å². The topological polar surface area (TPSA) is 126 Å². The van der Waals surface area contributed by atoms with E-state index in [0.717, 1.165) is 0 Å². The average Bonchev–Trinajstić information content (AvgIpc) is 3.07. The molecular formula is C11H18N6O3S. The molecule has 0 fully saturated rings. The molecule has 0 bridgehead atoms. The molecule has 0 aliphatic rings. The van der Waals surface area contributed by atoms with Crippen LogP contribution < -0.4 is 10.0 Å². The van der Waals surface area contributed by atoms with Crippen molar-refractivity contribution in [1.29, 1.82) is 0 Å². The van der Waals surface area contributed by atoms with Crippen molar-refractivity contribution in [3.8, 4) is 0 Å². The molecule has 0 unspecified atom stereocenters. The van der Waals surface area contributed by atoms with E-state index in [1.165, 1.54) is 12.5 Å². The van der Waals surface area contributed by atoms with Crippen molar-refractivity contribution in [2.75, 3.05) is 6.54 Å². The predicted octanol–water partition coefficient (Wildman–Crippen LogP) is -0.188. The molecule has 10 heteroatoms. The Kier molecular flexibility index (Phi) is 5.04. The van der Waals surface area contributed by atoms with E-state index in [4.69, 9.17) is 4.52 Å². The van der Waals surface area contributed by atoms with Crippen molar-refractivity contribution in [2.24, 2.45) is 0 Å². The number of hydrogen-bond acceptors (Lipinski definition) is 7. The maximum absolute atomic E-state index is 12.2. The van der Waals surface area contributed by atoms with Gasteiger partial charge < -0.3 is 9.84 Å². The molecule has 2 rings (SSSR count). The molecule has 3 N–H and O–H groups in total. The number of nitrogens with zero attached hydrogens (tertiary/aromatic N) is 3. The molecule has 0 atom stereocenters. The van der Waals surface area contributed by atoms with Crippen molar-refractivity contribution in [2.45, 2.75) is 37.9 Å². The van der Waals surface area contributed by atoms with Gasteiger partial charge in [0.2, 0.25) is 5.89 Å². The van der Waals surface area contributed by atoms with Crippen molar-refractivity contribution in [3.63, 3.8) is 0 Å². The first kappa shape index (κ1) is 15.6. The summed E-state index contributed by atoms with van der Waals surface area (Å²) in [7, 11) is -3.65. The highest BCUT2D eigenvalue weighted by Crippen LogP contribution is 2.11. The molecule has 0 amide bonds. The molecule has 2 aromatic heterocycles. The maximum Gasteiger partial charge on any atom is 0.257 e. The minimum Gasteiger partial charge on any atom is -0.340 e. The number of aromatic amines is 1. The molecule has 0 aromatic carbocycles. The number of rotatable bonds is 8. The molecule has 9 nitrogen and oxygen atoms in total. The second-order valence-electron chi connectivity index (χ2n) is 4.74. The minimum atomic E-state index is -3.65. The second-order valence-corrected chi connectivity index (χ2v) is 6.45. The van der Waals surface area contributed by atoms with Gasteiger partial charge in [0.1, 0.15) is 0 Å². The average molecular weight is 314 g/mol. The Hall–Kier alpha value is -1.78. The number of H-pyrrole nitrogens is 1. The molecule has 0 aliphatic heterocycles. The highest BCUT2D eigenvalue weighted by molar-refractivity contribution is 7.89. The lowest BCUT2D eigenvalue weighted by atomic mass is 10.3. The standard InChI is InChI=1S/C11H18N6O3S/c1-8(2)12-5-9-6-14-17-11(9)21(18,19)16-4-3-10-13-7-15-20-10/h6-8,12,16H,3-5H2,1-2H3,(H,14,17). The van der Waals surface area contributed by atoms with Gasteiger partial charge in [-0.1, -0.05) is 19.0 Å². The maximum atomic E-state index is 12.2. The van der Waals surface area contributed by atoms with E-state index in [9.17, 15) is 8.42 Å². The Balaban J connectivity index is 1.97. The molecule has 0 saturated carbocycles. The summed E-state index contributed by atoms with van der Waals surface area (Å²) in [5.41, 5.74) is 0.592. The van der Waals surface area contributed by atoms with Crippen LogP contribution in [-0.4, -0.2) is 41.3 Å². The fourth-order valence-corrected chi connectivity index (χ4v) is 2.80. The Morgan fingerprint density at radius 2 is 2.24 bits per heavy atom. The molecule has 2 aromatic rings. The van der Waals surface area contributed by atoms with Crippen LogP contribution in [0.1, 0.15) is 25.3 Å². The van der Waals surface area contributed by atoms with E-state index in [1.54, 1.807) is 0 Å². The van der Waals surface area contributed by atoms with E-state index in [-0.39, 0.29) is 17.6 Å². The third-order valence-corrected chi connectivity index (χ3v) is 4.16. The third-order valence-electron chi connectivity index (χ3n) is 2.69. The fraction of sp³-hybridized carbons (Fsp3) is 0.545. The first-order chi connectivity index (χ1) is 9.99. The molecule has 0 aliphatic carbocycles. The van der Waals surface area contributed by atoms with Gasteiger partial charge in [0.25, 0.3) is 10.0 Å². The van der Waals surface area contributed by atoms with Crippen molar-refractivity contribution < 1.29 is 12.9 Å². The monoisotopic (exact) mass is 314 g/mol. The summed E-state index contributed by atoms with van der Waals surface area (Å²) in [5, 5.41) is 13.0. The van der Waals surface area contributed by atoms with Crippen LogP contribution in [0.2, 0.25) is 0 Å². The summed E-state index contributed by atoms with van der Waals surface area (Å²) < 4.78 is 31.7. The van der Waals surface area contributed by atoms with Gasteiger partial charge in [-0.3, -0.25) is 5.10 Å². The Bertz CT molecular complexity index is 649. The predicted molar refractivity (Wildman–Crippen MR) is 73.8 cm³/mol. The van der Waals surface area contributed by atoms with Crippen LogP contribution >= 0.6 is 0 Å². The van der Waals surface area contributed by atoms with Crippen LogP contribution in [0.4, 0.5) is 0 Å². The Labute approximate surface area is 122 Å². The van der Waals surface area contributed by atoms with Gasteiger partial charge in [-0.05, 0) is 0 Å². The zero-order chi connectivity index (χ0) is 15.3. The summed E-state index contributed by atoms with van der Waals surface area (Å²) in [4.78, 5) is 3.82. The van der Waals surface area contributed by atoms with E-state index in [1.807, 2.05) is 13.8 Å². The molecule has 116 valence electrons. The number of sulfonamides is 1. The van der Waals surface area contributed by atoms with Crippen LogP contribution in [0.15, 0.2) is 22.1 Å². The third kappa shape index (κ3) is 4.34. The molecular weight excluding hydrogens is 296 g/mol. The van der Waals surface area contributed by atoms with Gasteiger partial charge in [-0.15, -0.1) is 0 Å². The van der Waals surface area contributed by atoms with Crippen LogP contribution in [-0.2, 0) is 23.0 Å². The zero-order valence-corrected chi connectivity index (χ0v) is 12.6. The lowest BCUT2D eigenvalue weighted by Crippen LogP contribution is -2.28. The number of aromatic nitrogens is 4. The number of nitrogens with one attached hydrogen (secondary N) is 3. The first-order valence-electron chi connectivity index (χ1n) is 6.50. The first-order valence-corrected chi connectivity index (χ1v) is 7.98. The van der Waals surface area contributed by atoms with E-state index < -0.39 is 10.0 Å². The summed E-state index contributed by atoms with van der Waals surface area (Å²) >= 11 is 0. The fourth-order valence-electron chi connectivity index (χ4n) is 1.64. The molecule has 0 spiro atoms. The summed E-state index contributed by atoms with van der Waals surface area (Å²) in [6, 6.07) is 0.251. The summed E-state index contributed by atoms with van der Waals surface area (Å²) in [5.74, 6) is 0.379. The highest BCUT2D eigenvalue weighted by atomic mass is 32.2. The van der Waals surface area contributed by atoms with Gasteiger partial charge >= 0.3 is 0 Å². The van der Waals surface area contributed by atoms with Gasteiger partial charge in [0.15, 0.2) is 11.4 Å². The molecule has 21 heavy (non-hydrogen) atoms. The second kappa shape index (κ2) is 6.78. The summed E-state index contributed by atoms with van der Waals surface area (Å²) in [6.45, 7) is 4.56. The van der Waals surface area contributed by atoms with E-state index in [2.05, 4.69) is 30.4 Å². The van der Waals surface area contributed by atoms with Gasteiger partial charge in [0.05, 0.1) is 6.20 Å². The van der Waals surface area contributed by atoms with Crippen molar-refractivity contribution in [3.05, 3.63) is 24.0 Å². The molecule has 2 heterocycles. The van der Waals surface area contributed by atoms with Crippen molar-refractivity contribution in [1.82, 2.24) is 30.4 Å². The van der Waals surface area contributed by atoms with Crippen LogP contribution in [0.25, 0.3) is 0 Å².